The molecule has 17 heavy (non-hydrogen) atoms. The molecule has 4 nitrogen and oxygen atoms in total. The zero-order valence-corrected chi connectivity index (χ0v) is 11.4. The highest BCUT2D eigenvalue weighted by atomic mass is 15.2. The summed E-state index contributed by atoms with van der Waals surface area (Å²) in [6.07, 6.45) is 4.07. The predicted octanol–water partition coefficient (Wildman–Crippen LogP) is 2.78. The van der Waals surface area contributed by atoms with Gasteiger partial charge in [-0.05, 0) is 24.8 Å². The van der Waals surface area contributed by atoms with Gasteiger partial charge in [-0.15, -0.1) is 0 Å². The number of nitrogens with one attached hydrogen (secondary N) is 1. The maximum absolute atomic E-state index is 4.49. The molecule has 0 spiro atoms. The molecule has 0 amide bonds. The highest BCUT2D eigenvalue weighted by molar-refractivity contribution is 5.41. The van der Waals surface area contributed by atoms with Crippen LogP contribution < -0.4 is 10.2 Å². The maximum atomic E-state index is 4.49. The van der Waals surface area contributed by atoms with Crippen molar-refractivity contribution in [3.8, 4) is 0 Å². The molecule has 0 saturated heterocycles. The fourth-order valence-corrected chi connectivity index (χ4v) is 1.45. The largest absolute Gasteiger partial charge is 0.360 e. The monoisotopic (exact) mass is 236 g/mol. The molecule has 0 unspecified atom stereocenters. The lowest BCUT2D eigenvalue weighted by Gasteiger charge is -2.19. The molecule has 0 fully saturated rings. The Bertz CT molecular complexity index is 325. The van der Waals surface area contributed by atoms with Gasteiger partial charge in [0.1, 0.15) is 5.82 Å². The molecule has 1 aromatic heterocycles. The zero-order valence-electron chi connectivity index (χ0n) is 11.4. The summed E-state index contributed by atoms with van der Waals surface area (Å²) in [6, 6.07) is 1.96. The van der Waals surface area contributed by atoms with Crippen molar-refractivity contribution < 1.29 is 0 Å². The molecule has 0 aromatic carbocycles. The standard InChI is InChI=1S/C13H24N4/c1-5-8-14-13-15-9-6-12(16-13)17(4)10-7-11(2)3/h6,9,11H,5,7-8,10H2,1-4H3,(H,14,15,16). The molecular weight excluding hydrogens is 212 g/mol. The average Bonchev–Trinajstić information content (AvgIpc) is 2.33. The van der Waals surface area contributed by atoms with Crippen LogP contribution in [0.4, 0.5) is 11.8 Å². The van der Waals surface area contributed by atoms with Crippen LogP contribution in [-0.4, -0.2) is 30.1 Å². The smallest absolute Gasteiger partial charge is 0.224 e. The second-order valence-corrected chi connectivity index (χ2v) is 4.77. The van der Waals surface area contributed by atoms with Gasteiger partial charge in [-0.3, -0.25) is 0 Å². The highest BCUT2D eigenvalue weighted by Crippen LogP contribution is 2.12. The summed E-state index contributed by atoms with van der Waals surface area (Å²) in [6.45, 7) is 8.55. The molecular formula is C13H24N4. The van der Waals surface area contributed by atoms with E-state index in [4.69, 9.17) is 0 Å². The third-order valence-electron chi connectivity index (χ3n) is 2.61. The van der Waals surface area contributed by atoms with Gasteiger partial charge in [0.25, 0.3) is 0 Å². The fourth-order valence-electron chi connectivity index (χ4n) is 1.45. The lowest BCUT2D eigenvalue weighted by atomic mass is 10.1. The number of anilines is 2. The number of hydrogen-bond donors (Lipinski definition) is 1. The molecule has 0 saturated carbocycles. The Kier molecular flexibility index (Phi) is 5.73. The normalized spacial score (nSPS) is 10.6. The van der Waals surface area contributed by atoms with Crippen LogP contribution in [0.1, 0.15) is 33.6 Å². The minimum Gasteiger partial charge on any atom is -0.360 e. The summed E-state index contributed by atoms with van der Waals surface area (Å²) in [4.78, 5) is 10.9. The van der Waals surface area contributed by atoms with E-state index < -0.39 is 0 Å². The quantitative estimate of drug-likeness (QED) is 0.790. The maximum Gasteiger partial charge on any atom is 0.224 e. The Balaban J connectivity index is 2.57. The van der Waals surface area contributed by atoms with E-state index >= 15 is 0 Å². The molecule has 4 heteroatoms. The van der Waals surface area contributed by atoms with Crippen molar-refractivity contribution in [2.75, 3.05) is 30.4 Å². The molecule has 1 rings (SSSR count). The molecule has 0 aliphatic rings. The Labute approximate surface area is 104 Å². The van der Waals surface area contributed by atoms with Crippen molar-refractivity contribution in [2.45, 2.75) is 33.6 Å². The summed E-state index contributed by atoms with van der Waals surface area (Å²) in [5.74, 6) is 2.43. The SMILES string of the molecule is CCCNc1nccc(N(C)CCC(C)C)n1. The van der Waals surface area contributed by atoms with Gasteiger partial charge in [-0.25, -0.2) is 4.98 Å². The van der Waals surface area contributed by atoms with Crippen LogP contribution in [0.15, 0.2) is 12.3 Å². The van der Waals surface area contributed by atoms with Gasteiger partial charge >= 0.3 is 0 Å². The van der Waals surface area contributed by atoms with Gasteiger partial charge in [0, 0.05) is 26.3 Å². The fraction of sp³-hybridized carbons (Fsp3) is 0.692. The molecule has 0 radical (unpaired) electrons. The molecule has 0 atom stereocenters. The summed E-state index contributed by atoms with van der Waals surface area (Å²) in [5, 5.41) is 3.21. The molecule has 0 aliphatic heterocycles. The Morgan fingerprint density at radius 2 is 2.18 bits per heavy atom. The number of rotatable bonds is 7. The van der Waals surface area contributed by atoms with Crippen LogP contribution in [0.5, 0.6) is 0 Å². The lowest BCUT2D eigenvalue weighted by molar-refractivity contribution is 0.583. The van der Waals surface area contributed by atoms with Crippen LogP contribution in [0.2, 0.25) is 0 Å². The van der Waals surface area contributed by atoms with Crippen LogP contribution in [0, 0.1) is 5.92 Å². The Morgan fingerprint density at radius 3 is 2.82 bits per heavy atom. The average molecular weight is 236 g/mol. The first-order chi connectivity index (χ1) is 8.13. The van der Waals surface area contributed by atoms with E-state index in [9.17, 15) is 0 Å². The molecule has 0 aliphatic carbocycles. The molecule has 1 N–H and O–H groups in total. The van der Waals surface area contributed by atoms with Gasteiger partial charge in [0.05, 0.1) is 0 Å². The first kappa shape index (κ1) is 13.7. The molecule has 96 valence electrons. The summed E-state index contributed by atoms with van der Waals surface area (Å²) < 4.78 is 0. The predicted molar refractivity (Wildman–Crippen MR) is 73.5 cm³/mol. The van der Waals surface area contributed by atoms with E-state index in [1.54, 1.807) is 0 Å². The minimum absolute atomic E-state index is 0.719. The van der Waals surface area contributed by atoms with Crippen molar-refractivity contribution >= 4 is 11.8 Å². The zero-order chi connectivity index (χ0) is 12.7. The van der Waals surface area contributed by atoms with Gasteiger partial charge in [-0.1, -0.05) is 20.8 Å². The molecule has 0 bridgehead atoms. The van der Waals surface area contributed by atoms with E-state index in [1.165, 1.54) is 6.42 Å². The Morgan fingerprint density at radius 1 is 1.41 bits per heavy atom. The number of aromatic nitrogens is 2. The van der Waals surface area contributed by atoms with E-state index in [-0.39, 0.29) is 0 Å². The number of nitrogens with zero attached hydrogens (tertiary/aromatic N) is 3. The van der Waals surface area contributed by atoms with Gasteiger partial charge in [-0.2, -0.15) is 4.98 Å². The number of hydrogen-bond acceptors (Lipinski definition) is 4. The third-order valence-corrected chi connectivity index (χ3v) is 2.61. The molecule has 1 heterocycles. The first-order valence-electron chi connectivity index (χ1n) is 6.41. The van der Waals surface area contributed by atoms with Crippen molar-refractivity contribution in [3.05, 3.63) is 12.3 Å². The molecule has 1 aromatic rings. The van der Waals surface area contributed by atoms with Crippen molar-refractivity contribution in [1.82, 2.24) is 9.97 Å². The van der Waals surface area contributed by atoms with E-state index in [0.29, 0.717) is 0 Å². The van der Waals surface area contributed by atoms with Crippen molar-refractivity contribution in [2.24, 2.45) is 5.92 Å². The Hall–Kier alpha value is -1.32. The van der Waals surface area contributed by atoms with Gasteiger partial charge < -0.3 is 10.2 Å². The highest BCUT2D eigenvalue weighted by Gasteiger charge is 2.05. The van der Waals surface area contributed by atoms with Crippen LogP contribution in [0.25, 0.3) is 0 Å². The van der Waals surface area contributed by atoms with Crippen molar-refractivity contribution in [1.29, 1.82) is 0 Å². The van der Waals surface area contributed by atoms with Crippen LogP contribution in [0.3, 0.4) is 0 Å². The second-order valence-electron chi connectivity index (χ2n) is 4.77. The second kappa shape index (κ2) is 7.09. The summed E-state index contributed by atoms with van der Waals surface area (Å²) in [5.41, 5.74) is 0. The van der Waals surface area contributed by atoms with E-state index in [0.717, 1.165) is 37.2 Å². The van der Waals surface area contributed by atoms with Crippen molar-refractivity contribution in [3.63, 3.8) is 0 Å². The van der Waals surface area contributed by atoms with E-state index in [1.807, 2.05) is 12.3 Å². The summed E-state index contributed by atoms with van der Waals surface area (Å²) in [7, 11) is 2.08. The van der Waals surface area contributed by atoms with E-state index in [2.05, 4.69) is 48.0 Å². The van der Waals surface area contributed by atoms with Crippen LogP contribution in [-0.2, 0) is 0 Å². The summed E-state index contributed by atoms with van der Waals surface area (Å²) >= 11 is 0. The first-order valence-corrected chi connectivity index (χ1v) is 6.41. The minimum atomic E-state index is 0.719. The van der Waals surface area contributed by atoms with Crippen LogP contribution >= 0.6 is 0 Å². The van der Waals surface area contributed by atoms with Gasteiger partial charge in [0.2, 0.25) is 5.95 Å². The topological polar surface area (TPSA) is 41.1 Å². The van der Waals surface area contributed by atoms with Gasteiger partial charge in [0.15, 0.2) is 0 Å². The third kappa shape index (κ3) is 5.02. The lowest BCUT2D eigenvalue weighted by Crippen LogP contribution is -2.21.